The third kappa shape index (κ3) is 8.38. The molecule has 0 aromatic heterocycles. The second kappa shape index (κ2) is 12.4. The number of unbranched alkanes of at least 4 members (excludes halogenated alkanes) is 9. The van der Waals surface area contributed by atoms with Gasteiger partial charge in [-0.25, -0.2) is 4.79 Å². The fourth-order valence-corrected chi connectivity index (χ4v) is 3.39. The zero-order valence-corrected chi connectivity index (χ0v) is 14.9. The van der Waals surface area contributed by atoms with E-state index in [-0.39, 0.29) is 5.91 Å². The third-order valence-electron chi connectivity index (χ3n) is 4.85. The molecule has 0 bridgehead atoms. The van der Waals surface area contributed by atoms with Crippen LogP contribution in [-0.2, 0) is 9.59 Å². The summed E-state index contributed by atoms with van der Waals surface area (Å²) in [7, 11) is 0. The van der Waals surface area contributed by atoms with Gasteiger partial charge in [-0.1, -0.05) is 64.7 Å². The Morgan fingerprint density at radius 3 is 2.04 bits per heavy atom. The number of carboxylic acid groups (broad SMARTS) is 1. The minimum absolute atomic E-state index is 0.0386. The van der Waals surface area contributed by atoms with Crippen molar-refractivity contribution >= 4 is 11.9 Å². The Kier molecular flexibility index (Phi) is 10.8. The molecule has 0 unspecified atom stereocenters. The van der Waals surface area contributed by atoms with E-state index in [0.717, 1.165) is 25.7 Å². The van der Waals surface area contributed by atoms with Gasteiger partial charge in [-0.05, 0) is 25.7 Å². The van der Waals surface area contributed by atoms with Crippen LogP contribution in [0, 0.1) is 0 Å². The van der Waals surface area contributed by atoms with E-state index in [1.54, 1.807) is 4.90 Å². The SMILES string of the molecule is CCCCCCCCCCCCC(=O)N1CCCC[C@@H]1C(=O)O. The van der Waals surface area contributed by atoms with Crippen LogP contribution in [0.4, 0.5) is 0 Å². The van der Waals surface area contributed by atoms with Crippen molar-refractivity contribution in [2.45, 2.75) is 103 Å². The molecule has 1 saturated heterocycles. The molecule has 0 aliphatic carbocycles. The topological polar surface area (TPSA) is 57.6 Å². The van der Waals surface area contributed by atoms with Gasteiger partial charge in [0.15, 0.2) is 0 Å². The minimum atomic E-state index is -0.846. The average Bonchev–Trinajstić information content (AvgIpc) is 2.56. The molecule has 4 heteroatoms. The molecule has 4 nitrogen and oxygen atoms in total. The van der Waals surface area contributed by atoms with Crippen LogP contribution in [0.5, 0.6) is 0 Å². The first kappa shape index (κ1) is 20.0. The maximum atomic E-state index is 12.2. The molecule has 1 aliphatic heterocycles. The first-order chi connectivity index (χ1) is 11.2. The van der Waals surface area contributed by atoms with Crippen molar-refractivity contribution in [2.24, 2.45) is 0 Å². The summed E-state index contributed by atoms with van der Waals surface area (Å²) in [5, 5.41) is 9.21. The lowest BCUT2D eigenvalue weighted by atomic mass is 10.0. The average molecular weight is 325 g/mol. The van der Waals surface area contributed by atoms with Crippen LogP contribution in [0.15, 0.2) is 0 Å². The fourth-order valence-electron chi connectivity index (χ4n) is 3.39. The number of rotatable bonds is 12. The van der Waals surface area contributed by atoms with Gasteiger partial charge in [-0.15, -0.1) is 0 Å². The highest BCUT2D eigenvalue weighted by molar-refractivity contribution is 5.83. The number of carbonyl (C=O) groups is 2. The molecule has 134 valence electrons. The Morgan fingerprint density at radius 1 is 0.913 bits per heavy atom. The Hall–Kier alpha value is -1.06. The second-order valence-corrected chi connectivity index (χ2v) is 6.87. The van der Waals surface area contributed by atoms with Crippen molar-refractivity contribution in [3.8, 4) is 0 Å². The van der Waals surface area contributed by atoms with E-state index in [2.05, 4.69) is 6.92 Å². The molecule has 0 aromatic carbocycles. The summed E-state index contributed by atoms with van der Waals surface area (Å²) in [6.07, 6.45) is 15.5. The van der Waals surface area contributed by atoms with Crippen LogP contribution in [-0.4, -0.2) is 34.5 Å². The molecule has 0 spiro atoms. The molecule has 0 radical (unpaired) electrons. The fraction of sp³-hybridized carbons (Fsp3) is 0.895. The monoisotopic (exact) mass is 325 g/mol. The lowest BCUT2D eigenvalue weighted by molar-refractivity contribution is -0.152. The van der Waals surface area contributed by atoms with Crippen molar-refractivity contribution < 1.29 is 14.7 Å². The summed E-state index contributed by atoms with van der Waals surface area (Å²) >= 11 is 0. The lowest BCUT2D eigenvalue weighted by Gasteiger charge is -2.33. The Bertz CT molecular complexity index is 344. The largest absolute Gasteiger partial charge is 0.480 e. The van der Waals surface area contributed by atoms with Gasteiger partial charge >= 0.3 is 5.97 Å². The van der Waals surface area contributed by atoms with E-state index in [0.29, 0.717) is 19.4 Å². The number of nitrogens with zero attached hydrogens (tertiary/aromatic N) is 1. The smallest absolute Gasteiger partial charge is 0.326 e. The Labute approximate surface area is 141 Å². The second-order valence-electron chi connectivity index (χ2n) is 6.87. The van der Waals surface area contributed by atoms with Crippen LogP contribution in [0.3, 0.4) is 0 Å². The van der Waals surface area contributed by atoms with Gasteiger partial charge in [-0.3, -0.25) is 4.79 Å². The molecule has 23 heavy (non-hydrogen) atoms. The van der Waals surface area contributed by atoms with Gasteiger partial charge in [0.1, 0.15) is 6.04 Å². The van der Waals surface area contributed by atoms with Gasteiger partial charge in [-0.2, -0.15) is 0 Å². The van der Waals surface area contributed by atoms with E-state index >= 15 is 0 Å². The van der Waals surface area contributed by atoms with Crippen molar-refractivity contribution in [1.82, 2.24) is 4.90 Å². The summed E-state index contributed by atoms with van der Waals surface area (Å²) in [5.41, 5.74) is 0. The molecule has 1 atom stereocenters. The highest BCUT2D eigenvalue weighted by Gasteiger charge is 2.31. The van der Waals surface area contributed by atoms with E-state index < -0.39 is 12.0 Å². The first-order valence-corrected chi connectivity index (χ1v) is 9.69. The van der Waals surface area contributed by atoms with Crippen molar-refractivity contribution in [1.29, 1.82) is 0 Å². The summed E-state index contributed by atoms with van der Waals surface area (Å²) in [4.78, 5) is 25.0. The van der Waals surface area contributed by atoms with Crippen molar-refractivity contribution in [3.05, 3.63) is 0 Å². The molecule has 1 fully saturated rings. The molecular formula is C19H35NO3. The van der Waals surface area contributed by atoms with Gasteiger partial charge in [0.25, 0.3) is 0 Å². The van der Waals surface area contributed by atoms with Crippen molar-refractivity contribution in [3.63, 3.8) is 0 Å². The number of piperidine rings is 1. The highest BCUT2D eigenvalue weighted by atomic mass is 16.4. The zero-order chi connectivity index (χ0) is 16.9. The standard InChI is InChI=1S/C19H35NO3/c1-2-3-4-5-6-7-8-9-10-11-15-18(21)20-16-13-12-14-17(20)19(22)23/h17H,2-16H2,1H3,(H,22,23)/t17-/m1/s1. The predicted molar refractivity (Wildman–Crippen MR) is 93.4 cm³/mol. The van der Waals surface area contributed by atoms with Gasteiger partial charge in [0.05, 0.1) is 0 Å². The highest BCUT2D eigenvalue weighted by Crippen LogP contribution is 2.19. The molecule has 0 aromatic rings. The number of carbonyl (C=O) groups excluding carboxylic acids is 1. The molecule has 1 N–H and O–H groups in total. The van der Waals surface area contributed by atoms with Crippen LogP contribution >= 0.6 is 0 Å². The Balaban J connectivity index is 2.04. The molecule has 1 amide bonds. The van der Waals surface area contributed by atoms with Crippen LogP contribution in [0.25, 0.3) is 0 Å². The van der Waals surface area contributed by atoms with E-state index in [1.807, 2.05) is 0 Å². The van der Waals surface area contributed by atoms with Crippen LogP contribution in [0.1, 0.15) is 96.8 Å². The molecule has 1 aliphatic rings. The maximum Gasteiger partial charge on any atom is 0.326 e. The summed E-state index contributed by atoms with van der Waals surface area (Å²) in [6, 6.07) is -0.584. The summed E-state index contributed by atoms with van der Waals surface area (Å²) < 4.78 is 0. The normalized spacial score (nSPS) is 18.1. The number of carboxylic acids is 1. The Morgan fingerprint density at radius 2 is 1.48 bits per heavy atom. The van der Waals surface area contributed by atoms with Gasteiger partial charge < -0.3 is 10.0 Å². The molecule has 0 saturated carbocycles. The van der Waals surface area contributed by atoms with Crippen molar-refractivity contribution in [2.75, 3.05) is 6.54 Å². The minimum Gasteiger partial charge on any atom is -0.480 e. The first-order valence-electron chi connectivity index (χ1n) is 9.69. The number of hydrogen-bond acceptors (Lipinski definition) is 2. The van der Waals surface area contributed by atoms with E-state index in [1.165, 1.54) is 51.4 Å². The van der Waals surface area contributed by atoms with Crippen LogP contribution in [0.2, 0.25) is 0 Å². The maximum absolute atomic E-state index is 12.2. The molecule has 1 heterocycles. The number of aliphatic carboxylic acids is 1. The number of amides is 1. The zero-order valence-electron chi connectivity index (χ0n) is 14.9. The predicted octanol–water partition coefficient (Wildman–Crippen LogP) is 4.76. The quantitative estimate of drug-likeness (QED) is 0.526. The van der Waals surface area contributed by atoms with Gasteiger partial charge in [0, 0.05) is 13.0 Å². The lowest BCUT2D eigenvalue weighted by Crippen LogP contribution is -2.47. The van der Waals surface area contributed by atoms with Crippen LogP contribution < -0.4 is 0 Å². The molecular weight excluding hydrogens is 290 g/mol. The molecule has 1 rings (SSSR count). The number of likely N-dealkylation sites (tertiary alicyclic amines) is 1. The van der Waals surface area contributed by atoms with E-state index in [9.17, 15) is 14.7 Å². The summed E-state index contributed by atoms with van der Waals surface area (Å²) in [5.74, 6) is -0.808. The number of hydrogen-bond donors (Lipinski definition) is 1. The van der Waals surface area contributed by atoms with E-state index in [4.69, 9.17) is 0 Å². The summed E-state index contributed by atoms with van der Waals surface area (Å²) in [6.45, 7) is 2.86. The third-order valence-corrected chi connectivity index (χ3v) is 4.85. The van der Waals surface area contributed by atoms with Gasteiger partial charge in [0.2, 0.25) is 5.91 Å².